The zero-order valence-electron chi connectivity index (χ0n) is 9.96. The predicted octanol–water partition coefficient (Wildman–Crippen LogP) is 0.918. The van der Waals surface area contributed by atoms with Crippen molar-refractivity contribution >= 4 is 5.78 Å². The molecule has 0 saturated heterocycles. The summed E-state index contributed by atoms with van der Waals surface area (Å²) in [6.07, 6.45) is 1.32. The lowest BCUT2D eigenvalue weighted by atomic mass is 10.1. The molecule has 0 unspecified atom stereocenters. The number of fused-ring (bicyclic) bond motifs is 1. The Morgan fingerprint density at radius 1 is 1.39 bits per heavy atom. The maximum atomic E-state index is 11.6. The first-order valence-corrected chi connectivity index (χ1v) is 5.75. The van der Waals surface area contributed by atoms with Gasteiger partial charge in [-0.2, -0.15) is 4.80 Å². The summed E-state index contributed by atoms with van der Waals surface area (Å²) in [4.78, 5) is 13.0. The van der Waals surface area contributed by atoms with Gasteiger partial charge in [-0.25, -0.2) is 0 Å². The van der Waals surface area contributed by atoms with E-state index in [9.17, 15) is 4.79 Å². The largest absolute Gasteiger partial charge is 0.485 e. The summed E-state index contributed by atoms with van der Waals surface area (Å²) in [5.74, 6) is 1.46. The minimum Gasteiger partial charge on any atom is -0.485 e. The van der Waals surface area contributed by atoms with Gasteiger partial charge in [0.2, 0.25) is 5.82 Å². The monoisotopic (exact) mass is 244 g/mol. The van der Waals surface area contributed by atoms with Crippen LogP contribution in [0.1, 0.15) is 28.2 Å². The molecule has 1 aromatic carbocycles. The Bertz CT molecular complexity index is 606. The van der Waals surface area contributed by atoms with Crippen molar-refractivity contribution in [3.8, 4) is 5.75 Å². The summed E-state index contributed by atoms with van der Waals surface area (Å²) >= 11 is 0. The smallest absolute Gasteiger partial charge is 0.212 e. The van der Waals surface area contributed by atoms with Crippen LogP contribution in [0.25, 0.3) is 0 Å². The fraction of sp³-hybridized carbons (Fsp3) is 0.333. The fourth-order valence-electron chi connectivity index (χ4n) is 2.12. The number of Topliss-reactive ketones (excluding diaryl/α,β-unsaturated/α-hetero) is 1. The number of aryl methyl sites for hydroxylation is 1. The molecule has 0 saturated carbocycles. The van der Waals surface area contributed by atoms with Crippen LogP contribution in [0.15, 0.2) is 18.2 Å². The Kier molecular flexibility index (Phi) is 2.55. The Morgan fingerprint density at radius 3 is 3.06 bits per heavy atom. The molecule has 0 N–H and O–H groups in total. The van der Waals surface area contributed by atoms with E-state index in [1.807, 2.05) is 18.2 Å². The second-order valence-electron chi connectivity index (χ2n) is 4.19. The van der Waals surface area contributed by atoms with Crippen LogP contribution in [-0.4, -0.2) is 26.0 Å². The molecule has 0 bridgehead atoms. The van der Waals surface area contributed by atoms with Crippen LogP contribution < -0.4 is 4.74 Å². The maximum absolute atomic E-state index is 11.6. The van der Waals surface area contributed by atoms with Crippen LogP contribution in [-0.2, 0) is 20.1 Å². The van der Waals surface area contributed by atoms with E-state index in [-0.39, 0.29) is 12.4 Å². The van der Waals surface area contributed by atoms with Gasteiger partial charge in [-0.1, -0.05) is 12.1 Å². The summed E-state index contributed by atoms with van der Waals surface area (Å²) < 4.78 is 5.67. The molecule has 18 heavy (non-hydrogen) atoms. The van der Waals surface area contributed by atoms with E-state index >= 15 is 0 Å². The topological polar surface area (TPSA) is 69.9 Å². The van der Waals surface area contributed by atoms with Gasteiger partial charge in [0.05, 0.1) is 7.05 Å². The van der Waals surface area contributed by atoms with Gasteiger partial charge in [-0.05, 0) is 17.7 Å². The van der Waals surface area contributed by atoms with Crippen LogP contribution in [0.3, 0.4) is 0 Å². The van der Waals surface area contributed by atoms with Crippen molar-refractivity contribution in [1.82, 2.24) is 20.2 Å². The van der Waals surface area contributed by atoms with E-state index in [0.717, 1.165) is 23.3 Å². The fourth-order valence-corrected chi connectivity index (χ4v) is 2.12. The SMILES string of the molecule is Cn1nnc(COc2cccc3c2CCC3=O)n1. The van der Waals surface area contributed by atoms with E-state index in [1.54, 1.807) is 7.05 Å². The van der Waals surface area contributed by atoms with E-state index in [0.29, 0.717) is 12.2 Å². The Balaban J connectivity index is 1.80. The number of hydrogen-bond acceptors (Lipinski definition) is 5. The molecule has 0 radical (unpaired) electrons. The van der Waals surface area contributed by atoms with Gasteiger partial charge in [-0.15, -0.1) is 10.2 Å². The molecule has 1 aliphatic carbocycles. The number of ether oxygens (including phenoxy) is 1. The summed E-state index contributed by atoms with van der Waals surface area (Å²) in [5, 5.41) is 11.6. The summed E-state index contributed by atoms with van der Waals surface area (Å²) in [6.45, 7) is 0.262. The number of benzene rings is 1. The minimum absolute atomic E-state index is 0.188. The van der Waals surface area contributed by atoms with Gasteiger partial charge in [0.15, 0.2) is 12.4 Å². The highest BCUT2D eigenvalue weighted by atomic mass is 16.5. The number of hydrogen-bond donors (Lipinski definition) is 0. The van der Waals surface area contributed by atoms with Gasteiger partial charge in [0, 0.05) is 17.5 Å². The second kappa shape index (κ2) is 4.21. The van der Waals surface area contributed by atoms with Gasteiger partial charge in [-0.3, -0.25) is 4.79 Å². The quantitative estimate of drug-likeness (QED) is 0.802. The predicted molar refractivity (Wildman–Crippen MR) is 62.2 cm³/mol. The van der Waals surface area contributed by atoms with E-state index in [1.165, 1.54) is 4.80 Å². The van der Waals surface area contributed by atoms with Crippen molar-refractivity contribution in [2.24, 2.45) is 7.05 Å². The third kappa shape index (κ3) is 1.85. The van der Waals surface area contributed by atoms with Gasteiger partial charge in [0.25, 0.3) is 0 Å². The average molecular weight is 244 g/mol. The summed E-state index contributed by atoms with van der Waals surface area (Å²) in [7, 11) is 1.70. The van der Waals surface area contributed by atoms with Crippen molar-refractivity contribution in [1.29, 1.82) is 0 Å². The molecular formula is C12H12N4O2. The van der Waals surface area contributed by atoms with Crippen LogP contribution in [0, 0.1) is 0 Å². The lowest BCUT2D eigenvalue weighted by Crippen LogP contribution is -2.01. The number of nitrogens with zero attached hydrogens (tertiary/aromatic N) is 4. The van der Waals surface area contributed by atoms with Crippen molar-refractivity contribution in [2.45, 2.75) is 19.4 Å². The molecule has 0 spiro atoms. The molecule has 0 fully saturated rings. The highest BCUT2D eigenvalue weighted by Crippen LogP contribution is 2.30. The third-order valence-corrected chi connectivity index (χ3v) is 2.94. The maximum Gasteiger partial charge on any atom is 0.212 e. The zero-order valence-corrected chi connectivity index (χ0v) is 9.96. The molecule has 6 heteroatoms. The van der Waals surface area contributed by atoms with E-state index in [4.69, 9.17) is 4.74 Å². The third-order valence-electron chi connectivity index (χ3n) is 2.94. The molecule has 1 aliphatic rings. The van der Waals surface area contributed by atoms with Crippen molar-refractivity contribution < 1.29 is 9.53 Å². The standard InChI is InChI=1S/C12H12N4O2/c1-16-14-12(13-15-16)7-18-11-4-2-3-8-9(11)5-6-10(8)17/h2-4H,5-7H2,1H3. The minimum atomic E-state index is 0.188. The van der Waals surface area contributed by atoms with Crippen LogP contribution >= 0.6 is 0 Å². The average Bonchev–Trinajstić information content (AvgIpc) is 2.94. The molecule has 6 nitrogen and oxygen atoms in total. The van der Waals surface area contributed by atoms with Crippen LogP contribution in [0.4, 0.5) is 0 Å². The molecule has 0 atom stereocenters. The molecule has 1 aromatic heterocycles. The van der Waals surface area contributed by atoms with Crippen LogP contribution in [0.2, 0.25) is 0 Å². The van der Waals surface area contributed by atoms with Crippen LogP contribution in [0.5, 0.6) is 5.75 Å². The van der Waals surface area contributed by atoms with Crippen molar-refractivity contribution in [2.75, 3.05) is 0 Å². The van der Waals surface area contributed by atoms with Gasteiger partial charge in [0.1, 0.15) is 5.75 Å². The Labute approximate surface area is 104 Å². The zero-order chi connectivity index (χ0) is 12.5. The highest BCUT2D eigenvalue weighted by Gasteiger charge is 2.22. The number of aromatic nitrogens is 4. The molecular weight excluding hydrogens is 232 g/mol. The lowest BCUT2D eigenvalue weighted by Gasteiger charge is -2.08. The number of tetrazole rings is 1. The molecule has 1 heterocycles. The van der Waals surface area contributed by atoms with Crippen molar-refractivity contribution in [3.63, 3.8) is 0 Å². The van der Waals surface area contributed by atoms with Crippen molar-refractivity contribution in [3.05, 3.63) is 35.2 Å². The molecule has 0 amide bonds. The number of ketones is 1. The molecule has 3 rings (SSSR count). The first kappa shape index (κ1) is 10.9. The van der Waals surface area contributed by atoms with Gasteiger partial charge >= 0.3 is 0 Å². The van der Waals surface area contributed by atoms with Gasteiger partial charge < -0.3 is 4.74 Å². The number of carbonyl (C=O) groups excluding carboxylic acids is 1. The van der Waals surface area contributed by atoms with E-state index in [2.05, 4.69) is 15.4 Å². The summed E-state index contributed by atoms with van der Waals surface area (Å²) in [6, 6.07) is 5.55. The molecule has 92 valence electrons. The Hall–Kier alpha value is -2.24. The molecule has 2 aromatic rings. The Morgan fingerprint density at radius 2 is 2.28 bits per heavy atom. The summed E-state index contributed by atoms with van der Waals surface area (Å²) in [5.41, 5.74) is 1.77. The normalized spacial score (nSPS) is 13.7. The second-order valence-corrected chi connectivity index (χ2v) is 4.19. The molecule has 0 aliphatic heterocycles. The lowest BCUT2D eigenvalue weighted by molar-refractivity contribution is 0.0994. The highest BCUT2D eigenvalue weighted by molar-refractivity contribution is 6.01. The number of carbonyl (C=O) groups is 1. The first-order valence-electron chi connectivity index (χ1n) is 5.75. The first-order chi connectivity index (χ1) is 8.74. The van der Waals surface area contributed by atoms with E-state index < -0.39 is 0 Å². The number of rotatable bonds is 3.